The smallest absolute Gasteiger partial charge is 0.142 e. The van der Waals surface area contributed by atoms with Crippen molar-refractivity contribution in [1.82, 2.24) is 0 Å². The van der Waals surface area contributed by atoms with Gasteiger partial charge in [-0.15, -0.1) is 0 Å². The molecule has 0 spiro atoms. The summed E-state index contributed by atoms with van der Waals surface area (Å²) in [6.45, 7) is 0. The van der Waals surface area contributed by atoms with Gasteiger partial charge in [0.05, 0.1) is 6.26 Å². The van der Waals surface area contributed by atoms with Crippen LogP contribution in [0.1, 0.15) is 0 Å². The van der Waals surface area contributed by atoms with Crippen LogP contribution in [0.5, 0.6) is 0 Å². The second-order valence-electron chi connectivity index (χ2n) is 11.6. The summed E-state index contributed by atoms with van der Waals surface area (Å²) in [6, 6.07) is 49.9. The highest BCUT2D eigenvalue weighted by atomic mass is 16.3. The Morgan fingerprint density at radius 3 is 1.75 bits per heavy atom. The molecule has 2 aromatic heterocycles. The molecule has 44 heavy (non-hydrogen) atoms. The average Bonchev–Trinajstić information content (AvgIpc) is 3.69. The molecule has 204 valence electrons. The lowest BCUT2D eigenvalue weighted by molar-refractivity contribution is 0.620. The fourth-order valence-corrected chi connectivity index (χ4v) is 7.39. The lowest BCUT2D eigenvalue weighted by atomic mass is 9.85. The van der Waals surface area contributed by atoms with E-state index in [0.29, 0.717) is 0 Å². The summed E-state index contributed by atoms with van der Waals surface area (Å²) >= 11 is 0. The van der Waals surface area contributed by atoms with Gasteiger partial charge in [0.25, 0.3) is 0 Å². The number of fused-ring (bicyclic) bond motifs is 10. The molecular weight excluding hydrogens is 536 g/mol. The van der Waals surface area contributed by atoms with E-state index in [9.17, 15) is 0 Å². The molecule has 2 heteroatoms. The number of hydrogen-bond acceptors (Lipinski definition) is 2. The number of benzene rings is 8. The second-order valence-corrected chi connectivity index (χ2v) is 11.6. The fourth-order valence-electron chi connectivity index (χ4n) is 7.39. The van der Waals surface area contributed by atoms with Crippen LogP contribution in [0.2, 0.25) is 0 Å². The molecule has 0 aliphatic heterocycles. The Morgan fingerprint density at radius 2 is 0.977 bits per heavy atom. The van der Waals surface area contributed by atoms with Crippen molar-refractivity contribution < 1.29 is 8.83 Å². The van der Waals surface area contributed by atoms with Gasteiger partial charge in [-0.2, -0.15) is 0 Å². The summed E-state index contributed by atoms with van der Waals surface area (Å²) in [6.07, 6.45) is 1.95. The minimum Gasteiger partial charge on any atom is -0.463 e. The summed E-state index contributed by atoms with van der Waals surface area (Å²) in [4.78, 5) is 0. The number of hydrogen-bond donors (Lipinski definition) is 0. The van der Waals surface area contributed by atoms with Crippen LogP contribution in [0.15, 0.2) is 155 Å². The van der Waals surface area contributed by atoms with E-state index in [2.05, 4.69) is 127 Å². The SMILES string of the molecule is c1ccc2c(c1)ccc1c(-c3c4ccccc4c(-c4ccc5ccc6oc7ccccc7c6c5c4)c4ccccc34)coc12. The minimum absolute atomic E-state index is 0.917. The molecule has 0 radical (unpaired) electrons. The molecule has 0 N–H and O–H groups in total. The van der Waals surface area contributed by atoms with Crippen LogP contribution in [0.4, 0.5) is 0 Å². The van der Waals surface area contributed by atoms with Gasteiger partial charge in [0.1, 0.15) is 16.7 Å². The quantitative estimate of drug-likeness (QED) is 0.197. The van der Waals surface area contributed by atoms with Crippen LogP contribution in [0.25, 0.3) is 98.3 Å². The molecule has 10 rings (SSSR count). The van der Waals surface area contributed by atoms with E-state index in [4.69, 9.17) is 8.83 Å². The molecule has 0 saturated carbocycles. The Labute approximate surface area is 252 Å². The molecule has 0 aliphatic carbocycles. The maximum atomic E-state index is 6.34. The topological polar surface area (TPSA) is 26.3 Å². The zero-order valence-electron chi connectivity index (χ0n) is 23.7. The first kappa shape index (κ1) is 23.7. The standard InChI is InChI=1S/C42H24O2/c1-2-10-28-25(9-1)19-21-33-36(24-43-42(28)33)40-31-13-5-3-11-29(31)39(30-12-4-6-14-32(30)40)27-18-17-26-20-22-38-41(35(26)23-27)34-15-7-8-16-37(34)44-38/h1-24H. The molecule has 8 aromatic carbocycles. The molecule has 10 aromatic rings. The largest absolute Gasteiger partial charge is 0.463 e. The molecule has 2 heterocycles. The lowest BCUT2D eigenvalue weighted by Gasteiger charge is -2.17. The summed E-state index contributed by atoms with van der Waals surface area (Å²) in [5.74, 6) is 0. The van der Waals surface area contributed by atoms with Gasteiger partial charge in [0.2, 0.25) is 0 Å². The summed E-state index contributed by atoms with van der Waals surface area (Å²) in [5, 5.41) is 13.0. The molecule has 0 atom stereocenters. The van der Waals surface area contributed by atoms with Gasteiger partial charge >= 0.3 is 0 Å². The van der Waals surface area contributed by atoms with Crippen LogP contribution in [-0.2, 0) is 0 Å². The van der Waals surface area contributed by atoms with E-state index in [-0.39, 0.29) is 0 Å². The van der Waals surface area contributed by atoms with Crippen molar-refractivity contribution in [2.45, 2.75) is 0 Å². The highest BCUT2D eigenvalue weighted by Crippen LogP contribution is 2.47. The van der Waals surface area contributed by atoms with Gasteiger partial charge in [-0.05, 0) is 73.1 Å². The van der Waals surface area contributed by atoms with Gasteiger partial charge in [-0.25, -0.2) is 0 Å². The van der Waals surface area contributed by atoms with Crippen LogP contribution in [0, 0.1) is 0 Å². The van der Waals surface area contributed by atoms with E-state index in [1.54, 1.807) is 0 Å². The minimum atomic E-state index is 0.917. The van der Waals surface area contributed by atoms with Gasteiger partial charge in [0, 0.05) is 32.7 Å². The molecule has 0 bridgehead atoms. The molecule has 0 aliphatic rings. The third-order valence-electron chi connectivity index (χ3n) is 9.31. The molecule has 0 saturated heterocycles. The fraction of sp³-hybridized carbons (Fsp3) is 0. The van der Waals surface area contributed by atoms with E-state index >= 15 is 0 Å². The van der Waals surface area contributed by atoms with Gasteiger partial charge in [0.15, 0.2) is 0 Å². The highest BCUT2D eigenvalue weighted by Gasteiger charge is 2.20. The Kier molecular flexibility index (Phi) is 4.75. The summed E-state index contributed by atoms with van der Waals surface area (Å²) in [5.41, 5.74) is 7.53. The molecular formula is C42H24O2. The van der Waals surface area contributed by atoms with Crippen molar-refractivity contribution in [3.05, 3.63) is 146 Å². The Bertz CT molecular complexity index is 2720. The van der Waals surface area contributed by atoms with Crippen molar-refractivity contribution in [1.29, 1.82) is 0 Å². The van der Waals surface area contributed by atoms with E-state index in [1.165, 1.54) is 59.8 Å². The normalized spacial score (nSPS) is 12.1. The van der Waals surface area contributed by atoms with Crippen molar-refractivity contribution in [3.63, 3.8) is 0 Å². The highest BCUT2D eigenvalue weighted by molar-refractivity contribution is 6.25. The van der Waals surface area contributed by atoms with Gasteiger partial charge in [-0.3, -0.25) is 0 Å². The van der Waals surface area contributed by atoms with Crippen molar-refractivity contribution in [2.75, 3.05) is 0 Å². The molecule has 0 amide bonds. The van der Waals surface area contributed by atoms with Gasteiger partial charge in [-0.1, -0.05) is 115 Å². The number of para-hydroxylation sites is 1. The predicted molar refractivity (Wildman–Crippen MR) is 184 cm³/mol. The van der Waals surface area contributed by atoms with Gasteiger partial charge < -0.3 is 8.83 Å². The monoisotopic (exact) mass is 560 g/mol. The van der Waals surface area contributed by atoms with Crippen LogP contribution >= 0.6 is 0 Å². The summed E-state index contributed by atoms with van der Waals surface area (Å²) < 4.78 is 12.6. The molecule has 0 fully saturated rings. The first-order chi connectivity index (χ1) is 21.8. The van der Waals surface area contributed by atoms with Crippen LogP contribution in [-0.4, -0.2) is 0 Å². The molecule has 0 unspecified atom stereocenters. The Balaban J connectivity index is 1.31. The average molecular weight is 561 g/mol. The second kappa shape index (κ2) is 8.82. The molecule has 2 nitrogen and oxygen atoms in total. The number of furan rings is 2. The first-order valence-electron chi connectivity index (χ1n) is 15.0. The number of rotatable bonds is 2. The predicted octanol–water partition coefficient (Wildman–Crippen LogP) is 12.3. The zero-order valence-corrected chi connectivity index (χ0v) is 23.7. The van der Waals surface area contributed by atoms with E-state index < -0.39 is 0 Å². The third kappa shape index (κ3) is 3.20. The zero-order chi connectivity index (χ0) is 28.8. The van der Waals surface area contributed by atoms with Crippen molar-refractivity contribution in [2.24, 2.45) is 0 Å². The maximum Gasteiger partial charge on any atom is 0.142 e. The first-order valence-corrected chi connectivity index (χ1v) is 15.0. The third-order valence-corrected chi connectivity index (χ3v) is 9.31. The van der Waals surface area contributed by atoms with E-state index in [0.717, 1.165) is 38.5 Å². The summed E-state index contributed by atoms with van der Waals surface area (Å²) in [7, 11) is 0. The van der Waals surface area contributed by atoms with Crippen LogP contribution < -0.4 is 0 Å². The van der Waals surface area contributed by atoms with Crippen LogP contribution in [0.3, 0.4) is 0 Å². The van der Waals surface area contributed by atoms with E-state index in [1.807, 2.05) is 18.4 Å². The van der Waals surface area contributed by atoms with Crippen molar-refractivity contribution in [3.8, 4) is 22.3 Å². The Morgan fingerprint density at radius 1 is 0.386 bits per heavy atom. The van der Waals surface area contributed by atoms with Crippen molar-refractivity contribution >= 4 is 76.0 Å². The maximum absolute atomic E-state index is 6.34. The lowest BCUT2D eigenvalue weighted by Crippen LogP contribution is -1.90. The Hall–Kier alpha value is -5.86.